The summed E-state index contributed by atoms with van der Waals surface area (Å²) in [4.78, 5) is 18.1. The second-order valence-electron chi connectivity index (χ2n) is 5.89. The van der Waals surface area contributed by atoms with E-state index in [0.29, 0.717) is 17.3 Å². The van der Waals surface area contributed by atoms with Crippen molar-refractivity contribution in [2.75, 3.05) is 25.5 Å². The number of nitrogens with zero attached hydrogens (tertiary/aromatic N) is 2. The van der Waals surface area contributed by atoms with E-state index in [1.807, 2.05) is 19.9 Å². The first-order valence-corrected chi connectivity index (χ1v) is 7.05. The molecule has 2 N–H and O–H groups in total. The lowest BCUT2D eigenvalue weighted by atomic mass is 9.94. The predicted octanol–water partition coefficient (Wildman–Crippen LogP) is 2.15. The fraction of sp³-hybridized carbons (Fsp3) is 0.600. The number of pyridine rings is 1. The number of carboxylic acid groups (broad SMARTS) is 1. The van der Waals surface area contributed by atoms with E-state index in [-0.39, 0.29) is 6.04 Å². The van der Waals surface area contributed by atoms with Crippen LogP contribution >= 0.6 is 0 Å². The van der Waals surface area contributed by atoms with Crippen LogP contribution in [-0.2, 0) is 0 Å². The second-order valence-corrected chi connectivity index (χ2v) is 5.89. The van der Waals surface area contributed by atoms with Crippen molar-refractivity contribution in [3.63, 3.8) is 0 Å². The van der Waals surface area contributed by atoms with Gasteiger partial charge < -0.3 is 15.3 Å². The highest BCUT2D eigenvalue weighted by atomic mass is 16.4. The van der Waals surface area contributed by atoms with Crippen LogP contribution in [-0.4, -0.2) is 47.1 Å². The first-order valence-electron chi connectivity index (χ1n) is 7.05. The van der Waals surface area contributed by atoms with E-state index < -0.39 is 5.97 Å². The van der Waals surface area contributed by atoms with Gasteiger partial charge in [-0.1, -0.05) is 6.92 Å². The molecule has 0 bridgehead atoms. The normalized spacial score (nSPS) is 23.6. The minimum atomic E-state index is -0.918. The molecule has 1 fully saturated rings. The average molecular weight is 277 g/mol. The van der Waals surface area contributed by atoms with E-state index in [0.717, 1.165) is 30.8 Å². The molecular weight excluding hydrogens is 254 g/mol. The number of anilines is 1. The Balaban J connectivity index is 2.26. The van der Waals surface area contributed by atoms with Crippen LogP contribution in [0.3, 0.4) is 0 Å². The molecule has 2 rings (SSSR count). The number of aryl methyl sites for hydroxylation is 2. The van der Waals surface area contributed by atoms with Crippen LogP contribution in [0.25, 0.3) is 0 Å². The Labute approximate surface area is 120 Å². The number of piperidine rings is 1. The quantitative estimate of drug-likeness (QED) is 0.886. The van der Waals surface area contributed by atoms with Crippen molar-refractivity contribution >= 4 is 11.8 Å². The average Bonchev–Trinajstić information content (AvgIpc) is 2.31. The molecule has 0 radical (unpaired) electrons. The number of carbonyl (C=O) groups is 1. The largest absolute Gasteiger partial charge is 0.478 e. The highest BCUT2D eigenvalue weighted by Gasteiger charge is 2.26. The molecule has 1 aromatic heterocycles. The van der Waals surface area contributed by atoms with Gasteiger partial charge in [0.05, 0.1) is 0 Å². The van der Waals surface area contributed by atoms with E-state index in [1.54, 1.807) is 0 Å². The van der Waals surface area contributed by atoms with E-state index in [2.05, 4.69) is 29.2 Å². The van der Waals surface area contributed by atoms with Gasteiger partial charge in [-0.05, 0) is 51.4 Å². The topological polar surface area (TPSA) is 65.5 Å². The molecule has 0 amide bonds. The van der Waals surface area contributed by atoms with Crippen LogP contribution in [0.4, 0.5) is 5.82 Å². The van der Waals surface area contributed by atoms with Crippen molar-refractivity contribution < 1.29 is 9.90 Å². The molecule has 1 saturated heterocycles. The third kappa shape index (κ3) is 3.10. The van der Waals surface area contributed by atoms with Gasteiger partial charge in [-0.25, -0.2) is 9.78 Å². The van der Waals surface area contributed by atoms with Crippen LogP contribution in [0.5, 0.6) is 0 Å². The maximum absolute atomic E-state index is 11.4. The van der Waals surface area contributed by atoms with Gasteiger partial charge in [-0.15, -0.1) is 0 Å². The van der Waals surface area contributed by atoms with Gasteiger partial charge in [0.2, 0.25) is 0 Å². The van der Waals surface area contributed by atoms with Crippen molar-refractivity contribution in [1.82, 2.24) is 9.88 Å². The fourth-order valence-corrected chi connectivity index (χ4v) is 2.96. The highest BCUT2D eigenvalue weighted by Crippen LogP contribution is 2.24. The Morgan fingerprint density at radius 2 is 2.20 bits per heavy atom. The number of aromatic carboxylic acids is 1. The molecule has 0 aliphatic carbocycles. The van der Waals surface area contributed by atoms with Gasteiger partial charge >= 0.3 is 5.97 Å². The van der Waals surface area contributed by atoms with Crippen LogP contribution in [0.2, 0.25) is 0 Å². The first kappa shape index (κ1) is 14.8. The number of hydrogen-bond donors (Lipinski definition) is 2. The van der Waals surface area contributed by atoms with Crippen molar-refractivity contribution in [3.05, 3.63) is 22.9 Å². The van der Waals surface area contributed by atoms with Gasteiger partial charge in [0.1, 0.15) is 11.4 Å². The summed E-state index contributed by atoms with van der Waals surface area (Å²) in [6.45, 7) is 7.94. The monoisotopic (exact) mass is 277 g/mol. The van der Waals surface area contributed by atoms with Gasteiger partial charge in [0.15, 0.2) is 0 Å². The zero-order valence-electron chi connectivity index (χ0n) is 12.6. The van der Waals surface area contributed by atoms with Crippen molar-refractivity contribution in [3.8, 4) is 0 Å². The van der Waals surface area contributed by atoms with E-state index in [9.17, 15) is 9.90 Å². The molecule has 0 spiro atoms. The lowest BCUT2D eigenvalue weighted by Gasteiger charge is -2.35. The lowest BCUT2D eigenvalue weighted by Crippen LogP contribution is -2.43. The summed E-state index contributed by atoms with van der Waals surface area (Å²) in [5.74, 6) is 0.0625. The molecule has 1 aromatic rings. The maximum Gasteiger partial charge on any atom is 0.339 e. The molecule has 5 nitrogen and oxygen atoms in total. The molecule has 1 aliphatic rings. The Hall–Kier alpha value is -1.62. The minimum Gasteiger partial charge on any atom is -0.478 e. The molecule has 2 heterocycles. The zero-order valence-corrected chi connectivity index (χ0v) is 12.6. The summed E-state index contributed by atoms with van der Waals surface area (Å²) < 4.78 is 0. The third-order valence-electron chi connectivity index (χ3n) is 3.99. The molecule has 0 saturated carbocycles. The van der Waals surface area contributed by atoms with Crippen LogP contribution in [0.1, 0.15) is 35.0 Å². The van der Waals surface area contributed by atoms with Crippen molar-refractivity contribution in [2.24, 2.45) is 5.92 Å². The Bertz CT molecular complexity index is 516. The van der Waals surface area contributed by atoms with Crippen LogP contribution < -0.4 is 5.32 Å². The maximum atomic E-state index is 11.4. The Morgan fingerprint density at radius 1 is 1.50 bits per heavy atom. The smallest absolute Gasteiger partial charge is 0.339 e. The second kappa shape index (κ2) is 5.79. The zero-order chi connectivity index (χ0) is 14.9. The summed E-state index contributed by atoms with van der Waals surface area (Å²) in [7, 11) is 2.12. The van der Waals surface area contributed by atoms with Crippen LogP contribution in [0, 0.1) is 19.8 Å². The number of carboxylic acids is 1. The Morgan fingerprint density at radius 3 is 2.80 bits per heavy atom. The number of hydrogen-bond acceptors (Lipinski definition) is 4. The molecule has 5 heteroatoms. The van der Waals surface area contributed by atoms with Gasteiger partial charge in [0.25, 0.3) is 0 Å². The van der Waals surface area contributed by atoms with Gasteiger partial charge in [-0.3, -0.25) is 0 Å². The van der Waals surface area contributed by atoms with Crippen molar-refractivity contribution in [1.29, 1.82) is 0 Å². The molecule has 1 aliphatic heterocycles. The van der Waals surface area contributed by atoms with Crippen molar-refractivity contribution in [2.45, 2.75) is 33.2 Å². The fourth-order valence-electron chi connectivity index (χ4n) is 2.96. The summed E-state index contributed by atoms with van der Waals surface area (Å²) >= 11 is 0. The SMILES string of the molecule is Cc1cc(C)c(C(=O)O)c(NC2CCN(C)CC2C)n1. The van der Waals surface area contributed by atoms with E-state index >= 15 is 0 Å². The van der Waals surface area contributed by atoms with Crippen LogP contribution in [0.15, 0.2) is 6.07 Å². The van der Waals surface area contributed by atoms with Gasteiger partial charge in [0, 0.05) is 18.3 Å². The van der Waals surface area contributed by atoms with E-state index in [4.69, 9.17) is 0 Å². The first-order chi connectivity index (χ1) is 9.38. The van der Waals surface area contributed by atoms with Gasteiger partial charge in [-0.2, -0.15) is 0 Å². The molecule has 0 aromatic carbocycles. The Kier molecular flexibility index (Phi) is 4.28. The predicted molar refractivity (Wildman–Crippen MR) is 79.4 cm³/mol. The molecule has 110 valence electrons. The number of aromatic nitrogens is 1. The molecule has 2 unspecified atom stereocenters. The molecular formula is C15H23N3O2. The number of likely N-dealkylation sites (tertiary alicyclic amines) is 1. The lowest BCUT2D eigenvalue weighted by molar-refractivity contribution is 0.0696. The minimum absolute atomic E-state index is 0.276. The number of rotatable bonds is 3. The standard InChI is InChI=1S/C15H23N3O2/c1-9-7-11(3)16-14(13(9)15(19)20)17-12-5-6-18(4)8-10(12)2/h7,10,12H,5-6,8H2,1-4H3,(H,16,17)(H,19,20). The summed E-state index contributed by atoms with van der Waals surface area (Å²) in [5.41, 5.74) is 1.89. The summed E-state index contributed by atoms with van der Waals surface area (Å²) in [5, 5.41) is 12.8. The molecule has 20 heavy (non-hydrogen) atoms. The summed E-state index contributed by atoms with van der Waals surface area (Å²) in [6, 6.07) is 2.09. The van der Waals surface area contributed by atoms with E-state index in [1.165, 1.54) is 0 Å². The molecule has 2 atom stereocenters. The number of nitrogens with one attached hydrogen (secondary N) is 1. The summed E-state index contributed by atoms with van der Waals surface area (Å²) in [6.07, 6.45) is 1.01. The third-order valence-corrected chi connectivity index (χ3v) is 3.99. The highest BCUT2D eigenvalue weighted by molar-refractivity contribution is 5.94.